The zero-order valence-corrected chi connectivity index (χ0v) is 21.5. The second kappa shape index (κ2) is 10.2. The molecule has 1 aliphatic carbocycles. The summed E-state index contributed by atoms with van der Waals surface area (Å²) >= 11 is 0. The molecule has 0 saturated heterocycles. The molecule has 1 fully saturated rings. The summed E-state index contributed by atoms with van der Waals surface area (Å²) in [5.74, 6) is -1.80. The number of benzene rings is 1. The molecule has 0 heterocycles. The third-order valence-electron chi connectivity index (χ3n) is 6.91. The van der Waals surface area contributed by atoms with Gasteiger partial charge in [0.15, 0.2) is 0 Å². The number of hydrogen-bond donors (Lipinski definition) is 2. The molecule has 2 N–H and O–H groups in total. The van der Waals surface area contributed by atoms with Gasteiger partial charge in [0.1, 0.15) is 11.6 Å². The largest absolute Gasteiger partial charge is 0.467 e. The van der Waals surface area contributed by atoms with E-state index in [4.69, 9.17) is 9.47 Å². The molecule has 2 amide bonds. The Morgan fingerprint density at radius 2 is 1.68 bits per heavy atom. The van der Waals surface area contributed by atoms with Gasteiger partial charge in [-0.15, -0.1) is 0 Å². The summed E-state index contributed by atoms with van der Waals surface area (Å²) in [6, 6.07) is 6.16. The van der Waals surface area contributed by atoms with Crippen LogP contribution in [0.5, 0.6) is 0 Å². The van der Waals surface area contributed by atoms with E-state index < -0.39 is 34.4 Å². The summed E-state index contributed by atoms with van der Waals surface area (Å²) in [6.07, 6.45) is 1.25. The van der Waals surface area contributed by atoms with Crippen LogP contribution in [0.25, 0.3) is 0 Å². The van der Waals surface area contributed by atoms with Gasteiger partial charge < -0.3 is 20.1 Å². The molecule has 34 heavy (non-hydrogen) atoms. The minimum absolute atomic E-state index is 0.176. The van der Waals surface area contributed by atoms with Gasteiger partial charge in [0.25, 0.3) is 0 Å². The van der Waals surface area contributed by atoms with Gasteiger partial charge in [-0.25, -0.2) is 4.79 Å². The summed E-state index contributed by atoms with van der Waals surface area (Å²) in [6.45, 7) is 12.6. The molecule has 188 valence electrons. The molecular weight excluding hydrogens is 436 g/mol. The Hall–Kier alpha value is -2.90. The van der Waals surface area contributed by atoms with Crippen LogP contribution >= 0.6 is 0 Å². The Morgan fingerprint density at radius 1 is 1.09 bits per heavy atom. The minimum Gasteiger partial charge on any atom is -0.467 e. The van der Waals surface area contributed by atoms with Crippen LogP contribution in [-0.2, 0) is 35.1 Å². The van der Waals surface area contributed by atoms with Crippen molar-refractivity contribution < 1.29 is 28.7 Å². The van der Waals surface area contributed by atoms with Gasteiger partial charge in [-0.1, -0.05) is 26.0 Å². The molecule has 0 spiro atoms. The highest BCUT2D eigenvalue weighted by molar-refractivity contribution is 5.89. The lowest BCUT2D eigenvalue weighted by Gasteiger charge is -2.40. The number of anilines is 1. The third kappa shape index (κ3) is 6.15. The standard InChI is InChI=1S/C26H38N2O6/c1-16(29)27-18-11-9-17(10-12-18)15-20(22(31)33-8)28-21(30)19-13-14-26(7,25(19,5)6)23(32)34-24(2,3)4/h9-12,19-20H,13-15H2,1-8H3,(H,27,29)(H,28,30). The predicted octanol–water partition coefficient (Wildman–Crippen LogP) is 3.63. The van der Waals surface area contributed by atoms with Crippen LogP contribution in [0, 0.1) is 16.7 Å². The lowest BCUT2D eigenvalue weighted by molar-refractivity contribution is -0.173. The number of hydrogen-bond acceptors (Lipinski definition) is 6. The molecule has 1 aliphatic rings. The zero-order chi connectivity index (χ0) is 25.9. The number of methoxy groups -OCH3 is 1. The number of esters is 2. The van der Waals surface area contributed by atoms with Gasteiger partial charge in [-0.2, -0.15) is 0 Å². The normalized spacial score (nSPS) is 22.4. The quantitative estimate of drug-likeness (QED) is 0.584. The Morgan fingerprint density at radius 3 is 2.18 bits per heavy atom. The van der Waals surface area contributed by atoms with E-state index >= 15 is 0 Å². The molecule has 0 bridgehead atoms. The second-order valence-electron chi connectivity index (χ2n) is 10.8. The SMILES string of the molecule is COC(=O)C(Cc1ccc(NC(C)=O)cc1)NC(=O)C1CCC(C)(C(=O)OC(C)(C)C)C1(C)C. The van der Waals surface area contributed by atoms with Crippen molar-refractivity contribution in [3.63, 3.8) is 0 Å². The number of rotatable bonds is 7. The summed E-state index contributed by atoms with van der Waals surface area (Å²) in [5.41, 5.74) is -0.692. The van der Waals surface area contributed by atoms with Crippen molar-refractivity contribution in [2.45, 2.75) is 79.4 Å². The molecule has 0 aliphatic heterocycles. The first-order chi connectivity index (χ1) is 15.6. The van der Waals surface area contributed by atoms with Gasteiger partial charge in [-0.05, 0) is 63.6 Å². The van der Waals surface area contributed by atoms with Crippen molar-refractivity contribution >= 4 is 29.4 Å². The Balaban J connectivity index is 2.17. The average Bonchev–Trinajstić information content (AvgIpc) is 2.96. The molecule has 0 radical (unpaired) electrons. The fourth-order valence-electron chi connectivity index (χ4n) is 4.49. The third-order valence-corrected chi connectivity index (χ3v) is 6.91. The molecule has 3 atom stereocenters. The first-order valence-electron chi connectivity index (χ1n) is 11.6. The molecule has 1 aromatic carbocycles. The van der Waals surface area contributed by atoms with Crippen LogP contribution in [0.15, 0.2) is 24.3 Å². The highest BCUT2D eigenvalue weighted by Gasteiger charge is 2.59. The van der Waals surface area contributed by atoms with Crippen molar-refractivity contribution in [2.75, 3.05) is 12.4 Å². The van der Waals surface area contributed by atoms with E-state index in [1.54, 1.807) is 24.3 Å². The maximum Gasteiger partial charge on any atom is 0.328 e. The fourth-order valence-corrected chi connectivity index (χ4v) is 4.49. The van der Waals surface area contributed by atoms with Crippen LogP contribution in [0.3, 0.4) is 0 Å². The van der Waals surface area contributed by atoms with Gasteiger partial charge in [0, 0.05) is 24.9 Å². The fraction of sp³-hybridized carbons (Fsp3) is 0.615. The number of carbonyl (C=O) groups excluding carboxylic acids is 4. The summed E-state index contributed by atoms with van der Waals surface area (Å²) in [4.78, 5) is 50.0. The van der Waals surface area contributed by atoms with E-state index in [0.29, 0.717) is 18.5 Å². The van der Waals surface area contributed by atoms with E-state index in [2.05, 4.69) is 10.6 Å². The molecule has 8 nitrogen and oxygen atoms in total. The van der Waals surface area contributed by atoms with Crippen LogP contribution < -0.4 is 10.6 Å². The smallest absolute Gasteiger partial charge is 0.328 e. The van der Waals surface area contributed by atoms with E-state index in [1.807, 2.05) is 41.5 Å². The van der Waals surface area contributed by atoms with E-state index in [1.165, 1.54) is 14.0 Å². The zero-order valence-electron chi connectivity index (χ0n) is 21.5. The van der Waals surface area contributed by atoms with Crippen LogP contribution in [-0.4, -0.2) is 42.5 Å². The second-order valence-corrected chi connectivity index (χ2v) is 10.8. The molecule has 8 heteroatoms. The highest BCUT2D eigenvalue weighted by Crippen LogP contribution is 2.57. The minimum atomic E-state index is -0.881. The summed E-state index contributed by atoms with van der Waals surface area (Å²) in [5, 5.41) is 5.54. The van der Waals surface area contributed by atoms with Gasteiger partial charge in [0.2, 0.25) is 11.8 Å². The number of ether oxygens (including phenoxy) is 2. The van der Waals surface area contributed by atoms with Crippen molar-refractivity contribution in [1.82, 2.24) is 5.32 Å². The summed E-state index contributed by atoms with van der Waals surface area (Å²) in [7, 11) is 1.28. The van der Waals surface area contributed by atoms with Crippen molar-refractivity contribution in [1.29, 1.82) is 0 Å². The van der Waals surface area contributed by atoms with E-state index in [0.717, 1.165) is 5.56 Å². The highest BCUT2D eigenvalue weighted by atomic mass is 16.6. The molecule has 3 unspecified atom stereocenters. The van der Waals surface area contributed by atoms with Gasteiger partial charge in [-0.3, -0.25) is 14.4 Å². The Labute approximate surface area is 202 Å². The van der Waals surface area contributed by atoms with Crippen LogP contribution in [0.2, 0.25) is 0 Å². The van der Waals surface area contributed by atoms with Gasteiger partial charge >= 0.3 is 11.9 Å². The first-order valence-corrected chi connectivity index (χ1v) is 11.6. The molecule has 2 rings (SSSR count). The molecule has 0 aromatic heterocycles. The molecular formula is C26H38N2O6. The van der Waals surface area contributed by atoms with Gasteiger partial charge in [0.05, 0.1) is 12.5 Å². The Kier molecular flexibility index (Phi) is 8.17. The van der Waals surface area contributed by atoms with Crippen molar-refractivity contribution in [3.8, 4) is 0 Å². The Bertz CT molecular complexity index is 932. The topological polar surface area (TPSA) is 111 Å². The number of nitrogens with one attached hydrogen (secondary N) is 2. The van der Waals surface area contributed by atoms with E-state index in [-0.39, 0.29) is 24.2 Å². The molecule has 1 saturated carbocycles. The molecule has 1 aromatic rings. The lowest BCUT2D eigenvalue weighted by atomic mass is 9.65. The van der Waals surface area contributed by atoms with Crippen molar-refractivity contribution in [3.05, 3.63) is 29.8 Å². The monoisotopic (exact) mass is 474 g/mol. The first kappa shape index (κ1) is 27.3. The maximum absolute atomic E-state index is 13.3. The predicted molar refractivity (Wildman–Crippen MR) is 129 cm³/mol. The number of amides is 2. The van der Waals surface area contributed by atoms with E-state index in [9.17, 15) is 19.2 Å². The summed E-state index contributed by atoms with van der Waals surface area (Å²) < 4.78 is 10.6. The maximum atomic E-state index is 13.3. The van der Waals surface area contributed by atoms with Crippen molar-refractivity contribution in [2.24, 2.45) is 16.7 Å². The number of carbonyl (C=O) groups is 4. The average molecular weight is 475 g/mol. The lowest BCUT2D eigenvalue weighted by Crippen LogP contribution is -2.51. The van der Waals surface area contributed by atoms with Crippen LogP contribution in [0.1, 0.15) is 66.9 Å². The van der Waals surface area contributed by atoms with Crippen LogP contribution in [0.4, 0.5) is 5.69 Å².